The third-order valence-corrected chi connectivity index (χ3v) is 8.00. The smallest absolute Gasteiger partial charge is 0.253 e. The molecule has 5 rings (SSSR count). The van der Waals surface area contributed by atoms with Crippen LogP contribution in [0.15, 0.2) is 24.3 Å². The van der Waals surface area contributed by atoms with Crippen molar-refractivity contribution in [3.05, 3.63) is 41.5 Å². The zero-order valence-electron chi connectivity index (χ0n) is 16.2. The number of carbonyl (C=O) groups is 1. The van der Waals surface area contributed by atoms with Gasteiger partial charge in [-0.1, -0.05) is 0 Å². The van der Waals surface area contributed by atoms with Gasteiger partial charge >= 0.3 is 0 Å². The first-order valence-electron chi connectivity index (χ1n) is 10.3. The van der Waals surface area contributed by atoms with Gasteiger partial charge in [0, 0.05) is 37.0 Å². The van der Waals surface area contributed by atoms with E-state index in [2.05, 4.69) is 15.2 Å². The maximum Gasteiger partial charge on any atom is 0.253 e. The van der Waals surface area contributed by atoms with Crippen LogP contribution in [0.25, 0.3) is 0 Å². The van der Waals surface area contributed by atoms with E-state index >= 15 is 0 Å². The van der Waals surface area contributed by atoms with Crippen LogP contribution in [0.2, 0.25) is 0 Å². The molecule has 154 valence electrons. The summed E-state index contributed by atoms with van der Waals surface area (Å²) < 4.78 is 25.5. The fourth-order valence-corrected chi connectivity index (χ4v) is 5.80. The molecule has 29 heavy (non-hydrogen) atoms. The van der Waals surface area contributed by atoms with Gasteiger partial charge in [0.05, 0.1) is 11.4 Å². The van der Waals surface area contributed by atoms with E-state index in [1.165, 1.54) is 17.1 Å². The molecule has 2 aromatic rings. The minimum Gasteiger partial charge on any atom is -0.339 e. The van der Waals surface area contributed by atoms with Crippen molar-refractivity contribution in [3.63, 3.8) is 0 Å². The van der Waals surface area contributed by atoms with Crippen molar-refractivity contribution in [3.8, 4) is 0 Å². The zero-order chi connectivity index (χ0) is 20.0. The summed E-state index contributed by atoms with van der Waals surface area (Å²) in [7, 11) is -3.20. The molecule has 3 fully saturated rings. The van der Waals surface area contributed by atoms with Crippen molar-refractivity contribution in [2.75, 3.05) is 29.7 Å². The topological polar surface area (TPSA) is 99.3 Å². The van der Waals surface area contributed by atoms with Crippen molar-refractivity contribution in [2.45, 2.75) is 43.9 Å². The van der Waals surface area contributed by atoms with Crippen LogP contribution in [0, 0.1) is 0 Å². The molecule has 8 nitrogen and oxygen atoms in total. The number of piperidine rings is 1. The van der Waals surface area contributed by atoms with Crippen molar-refractivity contribution < 1.29 is 13.2 Å². The Morgan fingerprint density at radius 2 is 1.72 bits per heavy atom. The number of hydrogen-bond acceptors (Lipinski definition) is 5. The molecular formula is C20H25N5O3S. The van der Waals surface area contributed by atoms with Crippen molar-refractivity contribution in [2.24, 2.45) is 0 Å². The molecule has 0 unspecified atom stereocenters. The number of likely N-dealkylation sites (tertiary alicyclic amines) is 1. The molecule has 1 saturated carbocycles. The van der Waals surface area contributed by atoms with Crippen LogP contribution in [-0.4, -0.2) is 59.8 Å². The van der Waals surface area contributed by atoms with Gasteiger partial charge in [0.1, 0.15) is 5.82 Å². The minimum atomic E-state index is -3.20. The van der Waals surface area contributed by atoms with Gasteiger partial charge in [-0.2, -0.15) is 5.10 Å². The molecular weight excluding hydrogens is 390 g/mol. The molecule has 1 N–H and O–H groups in total. The molecule has 0 spiro atoms. The van der Waals surface area contributed by atoms with Gasteiger partial charge in [-0.3, -0.25) is 14.2 Å². The molecule has 0 bridgehead atoms. The average Bonchev–Trinajstić information content (AvgIpc) is 3.36. The normalized spacial score (nSPS) is 22.2. The Morgan fingerprint density at radius 1 is 1.00 bits per heavy atom. The SMILES string of the molecule is O=C(c1ccc(N2CCCS2(=O)=O)cc1)N1CCC(c2nc(C3CC3)n[nH]2)CC1. The number of rotatable bonds is 4. The summed E-state index contributed by atoms with van der Waals surface area (Å²) in [5.41, 5.74) is 1.23. The van der Waals surface area contributed by atoms with Gasteiger partial charge in [-0.25, -0.2) is 13.4 Å². The molecule has 2 aliphatic heterocycles. The van der Waals surface area contributed by atoms with E-state index in [0.717, 1.165) is 24.5 Å². The predicted molar refractivity (Wildman–Crippen MR) is 108 cm³/mol. The molecule has 1 aromatic heterocycles. The molecule has 0 radical (unpaired) electrons. The number of sulfonamides is 1. The second-order valence-electron chi connectivity index (χ2n) is 8.21. The monoisotopic (exact) mass is 415 g/mol. The van der Waals surface area contributed by atoms with E-state index in [9.17, 15) is 13.2 Å². The first kappa shape index (κ1) is 18.6. The summed E-state index contributed by atoms with van der Waals surface area (Å²) in [5, 5.41) is 7.44. The molecule has 2 saturated heterocycles. The predicted octanol–water partition coefficient (Wildman–Crippen LogP) is 2.24. The maximum absolute atomic E-state index is 12.9. The van der Waals surface area contributed by atoms with Crippen LogP contribution < -0.4 is 4.31 Å². The summed E-state index contributed by atoms with van der Waals surface area (Å²) >= 11 is 0. The van der Waals surface area contributed by atoms with Crippen molar-refractivity contribution in [1.29, 1.82) is 0 Å². The van der Waals surface area contributed by atoms with Crippen molar-refractivity contribution >= 4 is 21.6 Å². The van der Waals surface area contributed by atoms with Crippen LogP contribution in [0.3, 0.4) is 0 Å². The number of amides is 1. The Labute approximate surface area is 170 Å². The summed E-state index contributed by atoms with van der Waals surface area (Å²) in [6, 6.07) is 6.93. The maximum atomic E-state index is 12.9. The van der Waals surface area contributed by atoms with E-state index in [0.29, 0.717) is 49.1 Å². The number of benzene rings is 1. The highest BCUT2D eigenvalue weighted by molar-refractivity contribution is 7.93. The second-order valence-corrected chi connectivity index (χ2v) is 10.2. The Balaban J connectivity index is 1.21. The van der Waals surface area contributed by atoms with E-state index in [4.69, 9.17) is 0 Å². The van der Waals surface area contributed by atoms with Gasteiger partial charge in [0.25, 0.3) is 5.91 Å². The molecule has 3 heterocycles. The van der Waals surface area contributed by atoms with Crippen LogP contribution in [0.5, 0.6) is 0 Å². The number of H-pyrrole nitrogens is 1. The summed E-state index contributed by atoms with van der Waals surface area (Å²) in [5.74, 6) is 2.95. The van der Waals surface area contributed by atoms with E-state index in [1.54, 1.807) is 24.3 Å². The zero-order valence-corrected chi connectivity index (χ0v) is 17.1. The fourth-order valence-electron chi connectivity index (χ4n) is 4.23. The molecule has 3 aliphatic rings. The number of nitrogens with zero attached hydrogens (tertiary/aromatic N) is 4. The van der Waals surface area contributed by atoms with Crippen LogP contribution in [0.1, 0.15) is 65.9 Å². The van der Waals surface area contributed by atoms with E-state index in [1.807, 2.05) is 4.90 Å². The summed E-state index contributed by atoms with van der Waals surface area (Å²) in [6.07, 6.45) is 4.76. The molecule has 9 heteroatoms. The van der Waals surface area contributed by atoms with Crippen LogP contribution in [0.4, 0.5) is 5.69 Å². The molecule has 0 atom stereocenters. The number of anilines is 1. The fraction of sp³-hybridized carbons (Fsp3) is 0.550. The number of nitrogens with one attached hydrogen (secondary N) is 1. The Morgan fingerprint density at radius 3 is 2.34 bits per heavy atom. The highest BCUT2D eigenvalue weighted by Crippen LogP contribution is 2.38. The average molecular weight is 416 g/mol. The minimum absolute atomic E-state index is 0.00415. The standard InChI is InChI=1S/C20H25N5O3S/c26-20(16-4-6-17(7-5-16)25-10-1-13-29(25,27)28)24-11-8-15(9-12-24)19-21-18(22-23-19)14-2-3-14/h4-7,14-15H,1-3,8-13H2,(H,21,22,23). The molecule has 1 aromatic carbocycles. The second kappa shape index (κ2) is 7.12. The molecule has 1 aliphatic carbocycles. The quantitative estimate of drug-likeness (QED) is 0.826. The lowest BCUT2D eigenvalue weighted by Crippen LogP contribution is -2.38. The third kappa shape index (κ3) is 3.63. The van der Waals surface area contributed by atoms with Crippen molar-refractivity contribution in [1.82, 2.24) is 20.1 Å². The van der Waals surface area contributed by atoms with Gasteiger partial charge in [-0.05, 0) is 56.4 Å². The lowest BCUT2D eigenvalue weighted by Gasteiger charge is -2.31. The molecule has 1 amide bonds. The van der Waals surface area contributed by atoms with Gasteiger partial charge in [-0.15, -0.1) is 0 Å². The highest BCUT2D eigenvalue weighted by atomic mass is 32.2. The Hall–Kier alpha value is -2.42. The van der Waals surface area contributed by atoms with Gasteiger partial charge in [0.15, 0.2) is 5.82 Å². The first-order chi connectivity index (χ1) is 14.0. The number of aromatic nitrogens is 3. The number of hydrogen-bond donors (Lipinski definition) is 1. The summed E-state index contributed by atoms with van der Waals surface area (Å²) in [6.45, 7) is 1.88. The van der Waals surface area contributed by atoms with Crippen LogP contribution in [-0.2, 0) is 10.0 Å². The Bertz CT molecular complexity index is 1000. The van der Waals surface area contributed by atoms with Crippen LogP contribution >= 0.6 is 0 Å². The third-order valence-electron chi connectivity index (χ3n) is 6.13. The largest absolute Gasteiger partial charge is 0.339 e. The van der Waals surface area contributed by atoms with Gasteiger partial charge in [0.2, 0.25) is 10.0 Å². The van der Waals surface area contributed by atoms with Gasteiger partial charge < -0.3 is 4.90 Å². The number of carbonyl (C=O) groups excluding carboxylic acids is 1. The first-order valence-corrected chi connectivity index (χ1v) is 11.9. The Kier molecular flexibility index (Phi) is 4.57. The number of aromatic amines is 1. The van der Waals surface area contributed by atoms with E-state index < -0.39 is 10.0 Å². The lowest BCUT2D eigenvalue weighted by atomic mass is 9.95. The van der Waals surface area contributed by atoms with E-state index in [-0.39, 0.29) is 11.7 Å². The lowest BCUT2D eigenvalue weighted by molar-refractivity contribution is 0.0711. The summed E-state index contributed by atoms with van der Waals surface area (Å²) in [4.78, 5) is 19.4. The highest BCUT2D eigenvalue weighted by Gasteiger charge is 2.31.